The van der Waals surface area contributed by atoms with E-state index in [9.17, 15) is 14.4 Å². The Bertz CT molecular complexity index is 1380. The molecule has 0 spiro atoms. The highest BCUT2D eigenvalue weighted by Crippen LogP contribution is 2.27. The van der Waals surface area contributed by atoms with E-state index >= 15 is 0 Å². The maximum Gasteiger partial charge on any atom is 0.258 e. The Morgan fingerprint density at radius 3 is 2.63 bits per heavy atom. The van der Waals surface area contributed by atoms with Gasteiger partial charge in [-0.1, -0.05) is 24.3 Å². The SMILES string of the molecule is Cc1c(C(=O)N2Cc3ccccc3C[C@H]2C(=O)NC(C)(C)C)cnn1-c1nc2c(c(=O)[nH]1)CCC2. The predicted octanol–water partition coefficient (Wildman–Crippen LogP) is 2.23. The monoisotopic (exact) mass is 474 g/mol. The number of aryl methyl sites for hydroxylation is 1. The van der Waals surface area contributed by atoms with E-state index in [0.717, 1.165) is 41.6 Å². The molecule has 0 bridgehead atoms. The first-order valence-electron chi connectivity index (χ1n) is 12.0. The fourth-order valence-electron chi connectivity index (χ4n) is 4.94. The normalized spacial score (nSPS) is 17.1. The summed E-state index contributed by atoms with van der Waals surface area (Å²) in [5, 5.41) is 7.41. The van der Waals surface area contributed by atoms with Crippen LogP contribution in [0.1, 0.15) is 65.6 Å². The van der Waals surface area contributed by atoms with Gasteiger partial charge in [0.15, 0.2) is 0 Å². The smallest absolute Gasteiger partial charge is 0.258 e. The highest BCUT2D eigenvalue weighted by molar-refractivity contribution is 5.98. The molecule has 0 unspecified atom stereocenters. The lowest BCUT2D eigenvalue weighted by molar-refractivity contribution is -0.127. The summed E-state index contributed by atoms with van der Waals surface area (Å²) in [7, 11) is 0. The number of hydrogen-bond donors (Lipinski definition) is 2. The number of amides is 2. The van der Waals surface area contributed by atoms with Crippen LogP contribution in [-0.2, 0) is 30.6 Å². The summed E-state index contributed by atoms with van der Waals surface area (Å²) in [5.74, 6) is -0.158. The first-order valence-corrected chi connectivity index (χ1v) is 12.0. The van der Waals surface area contributed by atoms with Crippen molar-refractivity contribution in [2.45, 2.75) is 71.5 Å². The van der Waals surface area contributed by atoms with Gasteiger partial charge in [-0.3, -0.25) is 19.4 Å². The quantitative estimate of drug-likeness (QED) is 0.605. The van der Waals surface area contributed by atoms with Crippen LogP contribution in [0.25, 0.3) is 5.95 Å². The van der Waals surface area contributed by atoms with Crippen LogP contribution in [0.4, 0.5) is 0 Å². The molecule has 3 heterocycles. The number of carbonyl (C=O) groups is 2. The second-order valence-electron chi connectivity index (χ2n) is 10.4. The molecule has 3 aromatic rings. The minimum Gasteiger partial charge on any atom is -0.350 e. The third-order valence-electron chi connectivity index (χ3n) is 6.68. The van der Waals surface area contributed by atoms with Gasteiger partial charge >= 0.3 is 0 Å². The average molecular weight is 475 g/mol. The number of aromatic amines is 1. The Kier molecular flexibility index (Phi) is 5.57. The molecule has 1 atom stereocenters. The van der Waals surface area contributed by atoms with Crippen LogP contribution in [-0.4, -0.2) is 48.0 Å². The molecule has 9 heteroatoms. The van der Waals surface area contributed by atoms with Crippen molar-refractivity contribution < 1.29 is 9.59 Å². The summed E-state index contributed by atoms with van der Waals surface area (Å²) < 4.78 is 1.50. The molecule has 1 aromatic carbocycles. The highest BCUT2D eigenvalue weighted by Gasteiger charge is 2.37. The average Bonchev–Trinajstić information content (AvgIpc) is 3.43. The Morgan fingerprint density at radius 1 is 1.14 bits per heavy atom. The van der Waals surface area contributed by atoms with Crippen molar-refractivity contribution in [3.63, 3.8) is 0 Å². The Morgan fingerprint density at radius 2 is 1.89 bits per heavy atom. The van der Waals surface area contributed by atoms with Gasteiger partial charge in [-0.25, -0.2) is 9.67 Å². The molecular weight excluding hydrogens is 444 g/mol. The van der Waals surface area contributed by atoms with Gasteiger partial charge in [0.05, 0.1) is 23.1 Å². The number of rotatable bonds is 3. The van der Waals surface area contributed by atoms with Gasteiger partial charge in [0.25, 0.3) is 11.5 Å². The molecule has 35 heavy (non-hydrogen) atoms. The van der Waals surface area contributed by atoms with E-state index in [2.05, 4.69) is 20.4 Å². The molecule has 1 aliphatic heterocycles. The lowest BCUT2D eigenvalue weighted by Crippen LogP contribution is -2.56. The van der Waals surface area contributed by atoms with Crippen LogP contribution in [0.15, 0.2) is 35.3 Å². The lowest BCUT2D eigenvalue weighted by Gasteiger charge is -2.37. The van der Waals surface area contributed by atoms with E-state index in [0.29, 0.717) is 30.2 Å². The zero-order valence-electron chi connectivity index (χ0n) is 20.5. The van der Waals surface area contributed by atoms with E-state index in [4.69, 9.17) is 0 Å². The number of nitrogens with zero attached hydrogens (tertiary/aromatic N) is 4. The predicted molar refractivity (Wildman–Crippen MR) is 130 cm³/mol. The molecule has 0 saturated heterocycles. The summed E-state index contributed by atoms with van der Waals surface area (Å²) >= 11 is 0. The van der Waals surface area contributed by atoms with Gasteiger partial charge in [-0.2, -0.15) is 5.10 Å². The van der Waals surface area contributed by atoms with Gasteiger partial charge in [-0.05, 0) is 58.1 Å². The number of nitrogens with one attached hydrogen (secondary N) is 2. The fraction of sp³-hybridized carbons (Fsp3) is 0.423. The third kappa shape index (κ3) is 4.26. The van der Waals surface area contributed by atoms with Gasteiger partial charge in [-0.15, -0.1) is 0 Å². The second-order valence-corrected chi connectivity index (χ2v) is 10.4. The molecule has 0 saturated carbocycles. The maximum atomic E-state index is 13.8. The van der Waals surface area contributed by atoms with Crippen molar-refractivity contribution in [1.82, 2.24) is 30.0 Å². The van der Waals surface area contributed by atoms with E-state index in [1.165, 1.54) is 10.9 Å². The Hall–Kier alpha value is -3.75. The second kappa shape index (κ2) is 8.48. The molecular formula is C26H30N6O3. The first kappa shape index (κ1) is 23.0. The van der Waals surface area contributed by atoms with Crippen LogP contribution in [0.3, 0.4) is 0 Å². The molecule has 2 aromatic heterocycles. The molecule has 2 aliphatic rings. The summed E-state index contributed by atoms with van der Waals surface area (Å²) in [4.78, 5) is 48.6. The van der Waals surface area contributed by atoms with Crippen molar-refractivity contribution in [2.24, 2.45) is 0 Å². The molecule has 2 amide bonds. The van der Waals surface area contributed by atoms with Crippen molar-refractivity contribution in [3.05, 3.63) is 74.5 Å². The van der Waals surface area contributed by atoms with Gasteiger partial charge < -0.3 is 10.2 Å². The topological polar surface area (TPSA) is 113 Å². The lowest BCUT2D eigenvalue weighted by atomic mass is 9.92. The first-order chi connectivity index (χ1) is 16.6. The Balaban J connectivity index is 1.50. The molecule has 0 radical (unpaired) electrons. The van der Waals surface area contributed by atoms with Crippen LogP contribution in [0, 0.1) is 6.92 Å². The van der Waals surface area contributed by atoms with Crippen LogP contribution in [0.2, 0.25) is 0 Å². The number of fused-ring (bicyclic) bond motifs is 2. The zero-order chi connectivity index (χ0) is 24.9. The van der Waals surface area contributed by atoms with E-state index < -0.39 is 11.6 Å². The summed E-state index contributed by atoms with van der Waals surface area (Å²) in [6.45, 7) is 7.87. The van der Waals surface area contributed by atoms with Crippen molar-refractivity contribution in [1.29, 1.82) is 0 Å². The van der Waals surface area contributed by atoms with Crippen LogP contribution in [0.5, 0.6) is 0 Å². The molecule has 2 N–H and O–H groups in total. The molecule has 5 rings (SSSR count). The summed E-state index contributed by atoms with van der Waals surface area (Å²) in [6, 6.07) is 7.25. The third-order valence-corrected chi connectivity index (χ3v) is 6.68. The summed E-state index contributed by atoms with van der Waals surface area (Å²) in [5.41, 5.74) is 3.97. The van der Waals surface area contributed by atoms with Crippen LogP contribution < -0.4 is 10.9 Å². The number of carbonyl (C=O) groups excluding carboxylic acids is 2. The van der Waals surface area contributed by atoms with Gasteiger partial charge in [0.1, 0.15) is 6.04 Å². The van der Waals surface area contributed by atoms with Gasteiger partial charge in [0.2, 0.25) is 11.9 Å². The largest absolute Gasteiger partial charge is 0.350 e. The van der Waals surface area contributed by atoms with Crippen molar-refractivity contribution in [3.8, 4) is 5.95 Å². The number of aromatic nitrogens is 4. The zero-order valence-corrected chi connectivity index (χ0v) is 20.5. The fourth-order valence-corrected chi connectivity index (χ4v) is 4.94. The number of hydrogen-bond acceptors (Lipinski definition) is 5. The standard InChI is InChI=1S/C26H30N6O3/c1-15-19(13-27-32(15)25-28-20-11-7-10-18(20)22(33)29-25)24(35)31-14-17-9-6-5-8-16(17)12-21(31)23(34)30-26(2,3)4/h5-6,8-9,13,21H,7,10-12,14H2,1-4H3,(H,30,34)(H,28,29,33)/t21-/m0/s1. The number of H-pyrrole nitrogens is 1. The van der Waals surface area contributed by atoms with Crippen molar-refractivity contribution >= 4 is 11.8 Å². The summed E-state index contributed by atoms with van der Waals surface area (Å²) in [6.07, 6.45) is 4.33. The van der Waals surface area contributed by atoms with E-state index in [-0.39, 0.29) is 17.4 Å². The molecule has 1 aliphatic carbocycles. The minimum absolute atomic E-state index is 0.156. The maximum absolute atomic E-state index is 13.8. The van der Waals surface area contributed by atoms with E-state index in [1.54, 1.807) is 11.8 Å². The number of benzene rings is 1. The minimum atomic E-state index is -0.641. The molecule has 9 nitrogen and oxygen atoms in total. The van der Waals surface area contributed by atoms with Crippen molar-refractivity contribution in [2.75, 3.05) is 0 Å². The van der Waals surface area contributed by atoms with Gasteiger partial charge in [0, 0.05) is 24.1 Å². The molecule has 0 fully saturated rings. The van der Waals surface area contributed by atoms with E-state index in [1.807, 2.05) is 45.0 Å². The molecule has 182 valence electrons. The highest BCUT2D eigenvalue weighted by atomic mass is 16.2. The van der Waals surface area contributed by atoms with Crippen LogP contribution >= 0.6 is 0 Å². The Labute approximate surface area is 203 Å².